The van der Waals surface area contributed by atoms with E-state index in [1.54, 1.807) is 11.3 Å². The number of thiazole rings is 1. The highest BCUT2D eigenvalue weighted by Gasteiger charge is 2.04. The Morgan fingerprint density at radius 2 is 2.00 bits per heavy atom. The van der Waals surface area contributed by atoms with E-state index in [9.17, 15) is 0 Å². The maximum atomic E-state index is 4.53. The number of hydrogen-bond acceptors (Lipinski definition) is 3. The third-order valence-corrected chi connectivity index (χ3v) is 3.27. The molecule has 0 aliphatic heterocycles. The third kappa shape index (κ3) is 5.49. The van der Waals surface area contributed by atoms with Crippen molar-refractivity contribution < 1.29 is 0 Å². The van der Waals surface area contributed by atoms with Gasteiger partial charge in [0.1, 0.15) is 0 Å². The van der Waals surface area contributed by atoms with Crippen LogP contribution in [0.4, 0.5) is 0 Å². The van der Waals surface area contributed by atoms with Gasteiger partial charge >= 0.3 is 0 Å². The minimum Gasteiger partial charge on any atom is -0.357 e. The normalized spacial score (nSPS) is 10.5. The molecule has 0 aromatic carbocycles. The maximum Gasteiger partial charge on any atom is 0.191 e. The summed E-state index contributed by atoms with van der Waals surface area (Å²) in [7, 11) is 0. The molecule has 0 saturated carbocycles. The summed E-state index contributed by atoms with van der Waals surface area (Å²) in [5.41, 5.74) is 0. The van der Waals surface area contributed by atoms with Crippen molar-refractivity contribution in [2.24, 2.45) is 10.9 Å². The summed E-state index contributed by atoms with van der Waals surface area (Å²) in [5.74, 6) is 1.53. The Balaban J connectivity index is 2.54. The van der Waals surface area contributed by atoms with Gasteiger partial charge in [-0.3, -0.25) is 0 Å². The largest absolute Gasteiger partial charge is 0.357 e. The van der Waals surface area contributed by atoms with Crippen molar-refractivity contribution in [3.05, 3.63) is 16.1 Å². The average molecular weight is 268 g/mol. The van der Waals surface area contributed by atoms with Gasteiger partial charge in [0, 0.05) is 30.6 Å². The summed E-state index contributed by atoms with van der Waals surface area (Å²) in [6.07, 6.45) is 3.00. The predicted octanol–water partition coefficient (Wildman–Crippen LogP) is 2.42. The Morgan fingerprint density at radius 3 is 2.56 bits per heavy atom. The van der Waals surface area contributed by atoms with E-state index >= 15 is 0 Å². The number of guanidine groups is 1. The van der Waals surface area contributed by atoms with Crippen LogP contribution in [-0.4, -0.2) is 24.0 Å². The maximum absolute atomic E-state index is 4.53. The van der Waals surface area contributed by atoms with E-state index in [0.29, 0.717) is 12.5 Å². The molecule has 0 amide bonds. The van der Waals surface area contributed by atoms with E-state index in [-0.39, 0.29) is 0 Å². The van der Waals surface area contributed by atoms with E-state index in [0.717, 1.165) is 25.5 Å². The minimum atomic E-state index is 0.659. The van der Waals surface area contributed by atoms with Crippen LogP contribution in [0, 0.1) is 5.92 Å². The summed E-state index contributed by atoms with van der Waals surface area (Å²) in [4.78, 5) is 10.2. The lowest BCUT2D eigenvalue weighted by molar-refractivity contribution is 0.644. The molecule has 0 saturated heterocycles. The fourth-order valence-corrected chi connectivity index (χ4v) is 2.59. The van der Waals surface area contributed by atoms with Crippen molar-refractivity contribution in [3.63, 3.8) is 0 Å². The van der Waals surface area contributed by atoms with Crippen molar-refractivity contribution in [2.45, 2.75) is 40.7 Å². The van der Waals surface area contributed by atoms with Gasteiger partial charge in [0.15, 0.2) is 5.96 Å². The summed E-state index contributed by atoms with van der Waals surface area (Å²) in [6, 6.07) is 0. The molecule has 4 nitrogen and oxygen atoms in total. The summed E-state index contributed by atoms with van der Waals surface area (Å²) < 4.78 is 0. The van der Waals surface area contributed by atoms with Crippen LogP contribution < -0.4 is 10.6 Å². The van der Waals surface area contributed by atoms with E-state index < -0.39 is 0 Å². The Hall–Kier alpha value is -1.10. The van der Waals surface area contributed by atoms with Crippen LogP contribution in [0.3, 0.4) is 0 Å². The lowest BCUT2D eigenvalue weighted by Gasteiger charge is -2.08. The molecule has 0 aliphatic rings. The quantitative estimate of drug-likeness (QED) is 0.615. The zero-order valence-corrected chi connectivity index (χ0v) is 12.6. The molecule has 0 unspecified atom stereocenters. The Morgan fingerprint density at radius 1 is 1.33 bits per heavy atom. The molecule has 0 radical (unpaired) electrons. The monoisotopic (exact) mass is 268 g/mol. The van der Waals surface area contributed by atoms with Gasteiger partial charge in [-0.25, -0.2) is 9.98 Å². The Kier molecular flexibility index (Phi) is 6.72. The van der Waals surface area contributed by atoms with Gasteiger partial charge in [-0.1, -0.05) is 13.8 Å². The van der Waals surface area contributed by atoms with Gasteiger partial charge in [0.05, 0.1) is 11.6 Å². The molecule has 18 heavy (non-hydrogen) atoms. The van der Waals surface area contributed by atoms with Gasteiger partial charge < -0.3 is 10.6 Å². The van der Waals surface area contributed by atoms with Crippen molar-refractivity contribution in [2.75, 3.05) is 13.1 Å². The van der Waals surface area contributed by atoms with Gasteiger partial charge in [-0.15, -0.1) is 11.3 Å². The van der Waals surface area contributed by atoms with Crippen LogP contribution in [0.25, 0.3) is 0 Å². The second kappa shape index (κ2) is 8.08. The third-order valence-electron chi connectivity index (χ3n) is 2.27. The molecule has 1 heterocycles. The summed E-state index contributed by atoms with van der Waals surface area (Å²) >= 11 is 1.77. The summed E-state index contributed by atoms with van der Waals surface area (Å²) in [6.45, 7) is 11.0. The molecular weight excluding hydrogens is 244 g/mol. The number of rotatable bonds is 6. The molecule has 0 atom stereocenters. The smallest absolute Gasteiger partial charge is 0.191 e. The zero-order chi connectivity index (χ0) is 13.4. The molecule has 1 aromatic heterocycles. The topological polar surface area (TPSA) is 49.3 Å². The SMILES string of the molecule is CCNC(=NCc1cnc(CC(C)C)s1)NCC. The number of nitrogens with one attached hydrogen (secondary N) is 2. The van der Waals surface area contributed by atoms with E-state index in [2.05, 4.69) is 48.3 Å². The van der Waals surface area contributed by atoms with Crippen LogP contribution in [0.1, 0.15) is 37.6 Å². The van der Waals surface area contributed by atoms with Crippen molar-refractivity contribution in [3.8, 4) is 0 Å². The van der Waals surface area contributed by atoms with Gasteiger partial charge in [0.2, 0.25) is 0 Å². The standard InChI is InChI=1S/C13H24N4S/c1-5-14-13(15-6-2)17-9-11-8-16-12(18-11)7-10(3)4/h8,10H,5-7,9H2,1-4H3,(H2,14,15,17). The Labute approximate surface area is 114 Å². The lowest BCUT2D eigenvalue weighted by atomic mass is 10.1. The molecule has 0 spiro atoms. The first-order valence-corrected chi connectivity index (χ1v) is 7.43. The highest BCUT2D eigenvalue weighted by molar-refractivity contribution is 7.11. The van der Waals surface area contributed by atoms with Gasteiger partial charge in [-0.2, -0.15) is 0 Å². The van der Waals surface area contributed by atoms with Gasteiger partial charge in [0.25, 0.3) is 0 Å². The van der Waals surface area contributed by atoms with Crippen molar-refractivity contribution in [1.82, 2.24) is 15.6 Å². The second-order valence-corrected chi connectivity index (χ2v) is 5.74. The molecular formula is C13H24N4S. The second-order valence-electron chi connectivity index (χ2n) is 4.54. The first kappa shape index (κ1) is 15.0. The first-order chi connectivity index (χ1) is 8.65. The molecule has 1 rings (SSSR count). The fraction of sp³-hybridized carbons (Fsp3) is 0.692. The van der Waals surface area contributed by atoms with E-state index in [1.807, 2.05) is 6.20 Å². The van der Waals surface area contributed by atoms with Crippen LogP contribution in [-0.2, 0) is 13.0 Å². The molecule has 5 heteroatoms. The molecule has 0 bridgehead atoms. The predicted molar refractivity (Wildman–Crippen MR) is 79.1 cm³/mol. The van der Waals surface area contributed by atoms with Crippen LogP contribution >= 0.6 is 11.3 Å². The van der Waals surface area contributed by atoms with E-state index in [1.165, 1.54) is 9.88 Å². The van der Waals surface area contributed by atoms with Crippen LogP contribution in [0.15, 0.2) is 11.2 Å². The minimum absolute atomic E-state index is 0.659. The van der Waals surface area contributed by atoms with E-state index in [4.69, 9.17) is 0 Å². The highest BCUT2D eigenvalue weighted by atomic mass is 32.1. The van der Waals surface area contributed by atoms with Crippen LogP contribution in [0.2, 0.25) is 0 Å². The van der Waals surface area contributed by atoms with Crippen LogP contribution in [0.5, 0.6) is 0 Å². The molecule has 1 aromatic rings. The number of aromatic nitrogens is 1. The number of aliphatic imine (C=N–C) groups is 1. The summed E-state index contributed by atoms with van der Waals surface area (Å²) in [5, 5.41) is 7.64. The van der Waals surface area contributed by atoms with Crippen molar-refractivity contribution in [1.29, 1.82) is 0 Å². The molecule has 2 N–H and O–H groups in total. The zero-order valence-electron chi connectivity index (χ0n) is 11.8. The number of hydrogen-bond donors (Lipinski definition) is 2. The molecule has 0 aliphatic carbocycles. The highest BCUT2D eigenvalue weighted by Crippen LogP contribution is 2.17. The van der Waals surface area contributed by atoms with Gasteiger partial charge in [-0.05, 0) is 19.8 Å². The average Bonchev–Trinajstić information content (AvgIpc) is 2.73. The fourth-order valence-electron chi connectivity index (χ4n) is 1.53. The number of nitrogens with zero attached hydrogens (tertiary/aromatic N) is 2. The molecule has 102 valence electrons. The first-order valence-electron chi connectivity index (χ1n) is 6.61. The Bertz CT molecular complexity index is 363. The van der Waals surface area contributed by atoms with Crippen molar-refractivity contribution >= 4 is 17.3 Å². The lowest BCUT2D eigenvalue weighted by Crippen LogP contribution is -2.36. The molecule has 0 fully saturated rings.